The maximum Gasteiger partial charge on any atom is 0.469 e. The molecule has 0 saturated carbocycles. The van der Waals surface area contributed by atoms with E-state index in [1.165, 1.54) is 103 Å². The van der Waals surface area contributed by atoms with Gasteiger partial charge in [-0.1, -0.05) is 123 Å². The summed E-state index contributed by atoms with van der Waals surface area (Å²) in [6.07, 6.45) is 24.1. The molecule has 0 fully saturated rings. The van der Waals surface area contributed by atoms with Crippen molar-refractivity contribution in [3.05, 3.63) is 0 Å². The van der Waals surface area contributed by atoms with E-state index in [2.05, 4.69) is 23.3 Å². The van der Waals surface area contributed by atoms with Gasteiger partial charge in [0.2, 0.25) is 0 Å². The van der Waals surface area contributed by atoms with E-state index < -0.39 is 7.82 Å². The molecule has 0 aromatic rings. The van der Waals surface area contributed by atoms with Crippen LogP contribution in [0.1, 0.15) is 136 Å². The van der Waals surface area contributed by atoms with E-state index in [-0.39, 0.29) is 19.8 Å². The van der Waals surface area contributed by atoms with Crippen LogP contribution in [0.5, 0.6) is 0 Å². The third kappa shape index (κ3) is 36.2. The monoisotopic (exact) mass is 525 g/mol. The van der Waals surface area contributed by atoms with Gasteiger partial charge in [-0.05, 0) is 19.4 Å². The van der Waals surface area contributed by atoms with Crippen LogP contribution in [0.2, 0.25) is 0 Å². The van der Waals surface area contributed by atoms with Gasteiger partial charge in [-0.3, -0.25) is 9.42 Å². The Morgan fingerprint density at radius 2 is 0.886 bits per heavy atom. The Morgan fingerprint density at radius 3 is 1.23 bits per heavy atom. The van der Waals surface area contributed by atoms with E-state index in [1.54, 1.807) is 0 Å². The fraction of sp³-hybridized carbons (Fsp3) is 1.00. The maximum absolute atomic E-state index is 10.3. The summed E-state index contributed by atoms with van der Waals surface area (Å²) in [5.74, 6) is 0. The number of aliphatic hydroxyl groups excluding tert-OH is 2. The minimum absolute atomic E-state index is 0.167. The SMILES string of the molecule is CCCCCCCCCCCCN(CCO)CCO.CCCCCCCCCCCOP(=O)(O)O. The smallest absolute Gasteiger partial charge is 0.395 e. The Hall–Kier alpha value is -0.0100. The molecule has 0 aromatic carbocycles. The number of rotatable bonds is 26. The first-order valence-corrected chi connectivity index (χ1v) is 16.1. The first kappa shape index (κ1) is 37.1. The molecule has 0 heterocycles. The Bertz CT molecular complexity index is 430. The molecule has 0 aliphatic carbocycles. The van der Waals surface area contributed by atoms with Gasteiger partial charge in [-0.25, -0.2) is 4.57 Å². The molecular formula is C27H60NO6P. The molecule has 0 aliphatic heterocycles. The van der Waals surface area contributed by atoms with Crippen molar-refractivity contribution in [2.24, 2.45) is 0 Å². The molecule has 0 radical (unpaired) electrons. The zero-order valence-corrected chi connectivity index (χ0v) is 24.1. The van der Waals surface area contributed by atoms with Gasteiger partial charge in [0, 0.05) is 13.1 Å². The number of aliphatic hydroxyl groups is 2. The summed E-state index contributed by atoms with van der Waals surface area (Å²) in [5, 5.41) is 17.8. The third-order valence-electron chi connectivity index (χ3n) is 6.17. The number of nitrogens with zero attached hydrogens (tertiary/aromatic N) is 1. The van der Waals surface area contributed by atoms with Crippen molar-refractivity contribution in [2.45, 2.75) is 136 Å². The highest BCUT2D eigenvalue weighted by Gasteiger charge is 2.12. The lowest BCUT2D eigenvalue weighted by Crippen LogP contribution is -2.30. The predicted octanol–water partition coefficient (Wildman–Crippen LogP) is 6.82. The van der Waals surface area contributed by atoms with Gasteiger partial charge in [-0.2, -0.15) is 0 Å². The van der Waals surface area contributed by atoms with E-state index in [0.717, 1.165) is 25.8 Å². The van der Waals surface area contributed by atoms with Crippen molar-refractivity contribution in [3.63, 3.8) is 0 Å². The van der Waals surface area contributed by atoms with Gasteiger partial charge in [0.05, 0.1) is 19.8 Å². The molecule has 0 aliphatic rings. The van der Waals surface area contributed by atoms with Crippen molar-refractivity contribution >= 4 is 7.82 Å². The molecule has 0 unspecified atom stereocenters. The molecule has 0 saturated heterocycles. The van der Waals surface area contributed by atoms with Crippen molar-refractivity contribution in [1.29, 1.82) is 0 Å². The highest BCUT2D eigenvalue weighted by molar-refractivity contribution is 7.46. The zero-order valence-electron chi connectivity index (χ0n) is 23.2. The van der Waals surface area contributed by atoms with Gasteiger partial charge in [0.15, 0.2) is 0 Å². The van der Waals surface area contributed by atoms with Crippen LogP contribution in [0, 0.1) is 0 Å². The molecule has 0 amide bonds. The van der Waals surface area contributed by atoms with Gasteiger partial charge >= 0.3 is 7.82 Å². The molecule has 214 valence electrons. The van der Waals surface area contributed by atoms with Crippen LogP contribution in [0.15, 0.2) is 0 Å². The molecule has 8 heteroatoms. The Balaban J connectivity index is 0. The molecule has 0 atom stereocenters. The lowest BCUT2D eigenvalue weighted by molar-refractivity contribution is 0.159. The van der Waals surface area contributed by atoms with E-state index in [1.807, 2.05) is 0 Å². The molecule has 0 bridgehead atoms. The van der Waals surface area contributed by atoms with Crippen LogP contribution in [0.25, 0.3) is 0 Å². The highest BCUT2D eigenvalue weighted by Crippen LogP contribution is 2.35. The summed E-state index contributed by atoms with van der Waals surface area (Å²) in [6, 6.07) is 0. The average Bonchev–Trinajstić information content (AvgIpc) is 2.81. The summed E-state index contributed by atoms with van der Waals surface area (Å²) < 4.78 is 14.7. The van der Waals surface area contributed by atoms with Crippen molar-refractivity contribution in [2.75, 3.05) is 39.5 Å². The van der Waals surface area contributed by atoms with Gasteiger partial charge in [0.25, 0.3) is 0 Å². The zero-order chi connectivity index (χ0) is 26.5. The summed E-state index contributed by atoms with van der Waals surface area (Å²) >= 11 is 0. The third-order valence-corrected chi connectivity index (χ3v) is 6.69. The first-order chi connectivity index (χ1) is 16.9. The number of phosphoric ester groups is 1. The molecule has 7 nitrogen and oxygen atoms in total. The van der Waals surface area contributed by atoms with Crippen molar-refractivity contribution < 1.29 is 29.1 Å². The maximum atomic E-state index is 10.3. The fourth-order valence-electron chi connectivity index (χ4n) is 4.04. The highest BCUT2D eigenvalue weighted by atomic mass is 31.2. The van der Waals surface area contributed by atoms with Crippen molar-refractivity contribution in [1.82, 2.24) is 4.90 Å². The molecule has 0 rings (SSSR count). The Morgan fingerprint density at radius 1 is 0.543 bits per heavy atom. The average molecular weight is 526 g/mol. The summed E-state index contributed by atoms with van der Waals surface area (Å²) in [5.41, 5.74) is 0. The van der Waals surface area contributed by atoms with Crippen molar-refractivity contribution in [3.8, 4) is 0 Å². The first-order valence-electron chi connectivity index (χ1n) is 14.5. The van der Waals surface area contributed by atoms with Gasteiger partial charge < -0.3 is 20.0 Å². The van der Waals surface area contributed by atoms with Crippen LogP contribution >= 0.6 is 7.82 Å². The van der Waals surface area contributed by atoms with Gasteiger partial charge in [-0.15, -0.1) is 0 Å². The van der Waals surface area contributed by atoms with E-state index >= 15 is 0 Å². The molecule has 4 N–H and O–H groups in total. The van der Waals surface area contributed by atoms with Crippen LogP contribution in [-0.4, -0.2) is 64.4 Å². The van der Waals surface area contributed by atoms with Crippen LogP contribution in [0.4, 0.5) is 0 Å². The molecule has 35 heavy (non-hydrogen) atoms. The molecular weight excluding hydrogens is 465 g/mol. The fourth-order valence-corrected chi connectivity index (χ4v) is 4.40. The van der Waals surface area contributed by atoms with E-state index in [4.69, 9.17) is 20.0 Å². The Labute approximate surface area is 217 Å². The summed E-state index contributed by atoms with van der Waals surface area (Å²) in [7, 11) is -4.24. The predicted molar refractivity (Wildman–Crippen MR) is 148 cm³/mol. The van der Waals surface area contributed by atoms with E-state index in [9.17, 15) is 4.57 Å². The second kappa shape index (κ2) is 30.2. The quantitative estimate of drug-likeness (QED) is 0.0724. The van der Waals surface area contributed by atoms with Crippen LogP contribution < -0.4 is 0 Å². The second-order valence-corrected chi connectivity index (χ2v) is 10.9. The minimum atomic E-state index is -4.24. The normalized spacial score (nSPS) is 11.6. The number of hydrogen-bond donors (Lipinski definition) is 4. The largest absolute Gasteiger partial charge is 0.469 e. The second-order valence-electron chi connectivity index (χ2n) is 9.62. The Kier molecular flexibility index (Phi) is 32.1. The van der Waals surface area contributed by atoms with Gasteiger partial charge in [0.1, 0.15) is 0 Å². The standard InChI is InChI=1S/C16H35NO2.C11H25O4P/c1-2-3-4-5-6-7-8-9-10-11-12-17(13-15-18)14-16-19;1-2-3-4-5-6-7-8-9-10-11-15-16(12,13)14/h18-19H,2-16H2,1H3;2-11H2,1H3,(H2,12,13,14). The molecule has 0 spiro atoms. The molecule has 0 aromatic heterocycles. The lowest BCUT2D eigenvalue weighted by atomic mass is 10.1. The lowest BCUT2D eigenvalue weighted by Gasteiger charge is -2.19. The van der Waals surface area contributed by atoms with Crippen LogP contribution in [-0.2, 0) is 9.09 Å². The number of phosphoric acid groups is 1. The van der Waals surface area contributed by atoms with E-state index in [0.29, 0.717) is 13.1 Å². The minimum Gasteiger partial charge on any atom is -0.395 e. The number of hydrogen-bond acceptors (Lipinski definition) is 5. The summed E-state index contributed by atoms with van der Waals surface area (Å²) in [6.45, 7) is 7.42. The number of unbranched alkanes of at least 4 members (excludes halogenated alkanes) is 17. The van der Waals surface area contributed by atoms with Crippen LogP contribution in [0.3, 0.4) is 0 Å². The summed E-state index contributed by atoms with van der Waals surface area (Å²) in [4.78, 5) is 19.0. The topological polar surface area (TPSA) is 110 Å².